The Morgan fingerprint density at radius 2 is 2.38 bits per heavy atom. The average molecular weight is 293 g/mol. The van der Waals surface area contributed by atoms with Gasteiger partial charge >= 0.3 is 5.97 Å². The molecule has 2 aliphatic heterocycles. The summed E-state index contributed by atoms with van der Waals surface area (Å²) in [6, 6.07) is 5.46. The van der Waals surface area contributed by atoms with Gasteiger partial charge in [0.1, 0.15) is 24.2 Å². The molecule has 0 spiro atoms. The van der Waals surface area contributed by atoms with Crippen LogP contribution in [0.15, 0.2) is 18.2 Å². The van der Waals surface area contributed by atoms with E-state index in [1.165, 1.54) is 0 Å². The number of aliphatic carboxylic acids is 1. The highest BCUT2D eigenvalue weighted by Gasteiger charge is 2.29. The molecule has 0 aromatic heterocycles. The molecule has 2 heterocycles. The molecule has 2 aliphatic rings. The minimum atomic E-state index is -0.938. The molecule has 3 rings (SSSR count). The number of ether oxygens (including phenoxy) is 3. The normalized spacial score (nSPS) is 25.2. The smallest absolute Gasteiger partial charge is 0.345 e. The van der Waals surface area contributed by atoms with E-state index in [0.717, 1.165) is 25.3 Å². The van der Waals surface area contributed by atoms with Crippen molar-refractivity contribution in [1.82, 2.24) is 4.90 Å². The van der Waals surface area contributed by atoms with Crippen molar-refractivity contribution in [3.05, 3.63) is 23.8 Å². The standard InChI is InChI=1S/C15H19NO5/c1-16-4-5-19-12(8-16)9-20-11-3-2-10-6-14(15(17)18)21-13(10)7-11/h2-3,7,12,14H,4-6,8-9H2,1H3,(H,17,18). The van der Waals surface area contributed by atoms with Gasteiger partial charge in [0.2, 0.25) is 0 Å². The summed E-state index contributed by atoms with van der Waals surface area (Å²) in [5, 5.41) is 8.98. The quantitative estimate of drug-likeness (QED) is 0.885. The number of hydrogen-bond donors (Lipinski definition) is 1. The highest BCUT2D eigenvalue weighted by atomic mass is 16.5. The molecule has 21 heavy (non-hydrogen) atoms. The first-order valence-corrected chi connectivity index (χ1v) is 7.07. The van der Waals surface area contributed by atoms with Gasteiger partial charge in [0.15, 0.2) is 6.10 Å². The van der Waals surface area contributed by atoms with E-state index in [1.54, 1.807) is 6.07 Å². The zero-order chi connectivity index (χ0) is 14.8. The van der Waals surface area contributed by atoms with Crippen LogP contribution >= 0.6 is 0 Å². The van der Waals surface area contributed by atoms with Crippen molar-refractivity contribution in [1.29, 1.82) is 0 Å². The van der Waals surface area contributed by atoms with Crippen molar-refractivity contribution >= 4 is 5.97 Å². The van der Waals surface area contributed by atoms with Crippen molar-refractivity contribution in [3.63, 3.8) is 0 Å². The van der Waals surface area contributed by atoms with E-state index in [-0.39, 0.29) is 6.10 Å². The molecule has 0 bridgehead atoms. The van der Waals surface area contributed by atoms with E-state index in [4.69, 9.17) is 19.3 Å². The van der Waals surface area contributed by atoms with Crippen LogP contribution in [0, 0.1) is 0 Å². The predicted octanol–water partition coefficient (Wildman–Crippen LogP) is 0.784. The molecule has 6 heteroatoms. The third-order valence-electron chi connectivity index (χ3n) is 3.77. The van der Waals surface area contributed by atoms with Crippen LogP contribution in [0.1, 0.15) is 5.56 Å². The summed E-state index contributed by atoms with van der Waals surface area (Å²) in [6.45, 7) is 2.99. The maximum Gasteiger partial charge on any atom is 0.345 e. The number of benzene rings is 1. The van der Waals surface area contributed by atoms with E-state index in [0.29, 0.717) is 24.5 Å². The topological polar surface area (TPSA) is 68.2 Å². The lowest BCUT2D eigenvalue weighted by atomic mass is 10.1. The van der Waals surface area contributed by atoms with Crippen LogP contribution in [-0.4, -0.2) is 61.5 Å². The lowest BCUT2D eigenvalue weighted by molar-refractivity contribution is -0.144. The third-order valence-corrected chi connectivity index (χ3v) is 3.77. The molecule has 2 atom stereocenters. The van der Waals surface area contributed by atoms with Crippen molar-refractivity contribution < 1.29 is 24.1 Å². The molecular formula is C15H19NO5. The van der Waals surface area contributed by atoms with Gasteiger partial charge in [-0.25, -0.2) is 4.79 Å². The minimum Gasteiger partial charge on any atom is -0.491 e. The Bertz CT molecular complexity index is 533. The first-order valence-electron chi connectivity index (χ1n) is 7.07. The fourth-order valence-electron chi connectivity index (χ4n) is 2.59. The van der Waals surface area contributed by atoms with Crippen LogP contribution in [0.3, 0.4) is 0 Å². The number of carboxylic acids is 1. The second kappa shape index (κ2) is 5.91. The Morgan fingerprint density at radius 3 is 3.14 bits per heavy atom. The summed E-state index contributed by atoms with van der Waals surface area (Å²) in [6.07, 6.45) is -0.322. The number of hydrogen-bond acceptors (Lipinski definition) is 5. The predicted molar refractivity (Wildman–Crippen MR) is 74.9 cm³/mol. The average Bonchev–Trinajstić information content (AvgIpc) is 2.88. The molecule has 1 aromatic carbocycles. The number of carboxylic acid groups (broad SMARTS) is 1. The molecule has 6 nitrogen and oxygen atoms in total. The van der Waals surface area contributed by atoms with Crippen molar-refractivity contribution in [2.45, 2.75) is 18.6 Å². The maximum atomic E-state index is 10.9. The number of fused-ring (bicyclic) bond motifs is 1. The Hall–Kier alpha value is -1.79. The fourth-order valence-corrected chi connectivity index (χ4v) is 2.59. The second-order valence-electron chi connectivity index (χ2n) is 5.48. The van der Waals surface area contributed by atoms with Gasteiger partial charge in [0, 0.05) is 25.6 Å². The molecule has 114 valence electrons. The van der Waals surface area contributed by atoms with Crippen LogP contribution in [-0.2, 0) is 16.0 Å². The lowest BCUT2D eigenvalue weighted by Gasteiger charge is -2.29. The highest BCUT2D eigenvalue weighted by Crippen LogP contribution is 2.32. The van der Waals surface area contributed by atoms with Crippen molar-refractivity contribution in [3.8, 4) is 11.5 Å². The second-order valence-corrected chi connectivity index (χ2v) is 5.48. The molecule has 0 radical (unpaired) electrons. The summed E-state index contributed by atoms with van der Waals surface area (Å²) in [7, 11) is 2.06. The van der Waals surface area contributed by atoms with E-state index < -0.39 is 12.1 Å². The number of carbonyl (C=O) groups is 1. The Morgan fingerprint density at radius 1 is 1.52 bits per heavy atom. The summed E-state index contributed by atoms with van der Waals surface area (Å²) in [5.74, 6) is 0.338. The van der Waals surface area contributed by atoms with Gasteiger partial charge in [0.05, 0.1) is 6.61 Å². The minimum absolute atomic E-state index is 0.0599. The van der Waals surface area contributed by atoms with Crippen LogP contribution < -0.4 is 9.47 Å². The summed E-state index contributed by atoms with van der Waals surface area (Å²) in [4.78, 5) is 13.1. The molecule has 1 N–H and O–H groups in total. The van der Waals surface area contributed by atoms with Crippen molar-refractivity contribution in [2.75, 3.05) is 33.4 Å². The molecule has 0 amide bonds. The first kappa shape index (κ1) is 14.2. The van der Waals surface area contributed by atoms with Gasteiger partial charge < -0.3 is 24.2 Å². The van der Waals surface area contributed by atoms with E-state index >= 15 is 0 Å². The fraction of sp³-hybridized carbons (Fsp3) is 0.533. The van der Waals surface area contributed by atoms with Gasteiger partial charge in [-0.05, 0) is 18.7 Å². The zero-order valence-electron chi connectivity index (χ0n) is 11.9. The van der Waals surface area contributed by atoms with E-state index in [1.807, 2.05) is 12.1 Å². The largest absolute Gasteiger partial charge is 0.491 e. The summed E-state index contributed by atoms with van der Waals surface area (Å²) >= 11 is 0. The first-order chi connectivity index (χ1) is 10.1. The summed E-state index contributed by atoms with van der Waals surface area (Å²) < 4.78 is 16.8. The Kier molecular flexibility index (Phi) is 3.98. The monoisotopic (exact) mass is 293 g/mol. The zero-order valence-corrected chi connectivity index (χ0v) is 11.9. The molecule has 0 aliphatic carbocycles. The van der Waals surface area contributed by atoms with Crippen LogP contribution in [0.25, 0.3) is 0 Å². The third kappa shape index (κ3) is 3.28. The van der Waals surface area contributed by atoms with Gasteiger partial charge in [-0.3, -0.25) is 0 Å². The van der Waals surface area contributed by atoms with Crippen molar-refractivity contribution in [2.24, 2.45) is 0 Å². The van der Waals surface area contributed by atoms with Crippen LogP contribution in [0.4, 0.5) is 0 Å². The molecular weight excluding hydrogens is 274 g/mol. The molecule has 2 unspecified atom stereocenters. The summed E-state index contributed by atoms with van der Waals surface area (Å²) in [5.41, 5.74) is 0.906. The van der Waals surface area contributed by atoms with E-state index in [9.17, 15) is 4.79 Å². The lowest BCUT2D eigenvalue weighted by Crippen LogP contribution is -2.42. The maximum absolute atomic E-state index is 10.9. The Labute approximate surface area is 123 Å². The molecule has 0 saturated carbocycles. The molecule has 1 fully saturated rings. The number of rotatable bonds is 4. The van der Waals surface area contributed by atoms with Gasteiger partial charge in [0.25, 0.3) is 0 Å². The Balaban J connectivity index is 1.58. The van der Waals surface area contributed by atoms with Crippen LogP contribution in [0.2, 0.25) is 0 Å². The SMILES string of the molecule is CN1CCOC(COc2ccc3c(c2)OC(C(=O)O)C3)C1. The number of nitrogens with zero attached hydrogens (tertiary/aromatic N) is 1. The molecule has 1 aromatic rings. The van der Waals surface area contributed by atoms with Gasteiger partial charge in [-0.15, -0.1) is 0 Å². The molecule has 1 saturated heterocycles. The van der Waals surface area contributed by atoms with Gasteiger partial charge in [-0.1, -0.05) is 6.07 Å². The number of morpholine rings is 1. The number of likely N-dealkylation sites (N-methyl/N-ethyl adjacent to an activating group) is 1. The van der Waals surface area contributed by atoms with Gasteiger partial charge in [-0.2, -0.15) is 0 Å². The van der Waals surface area contributed by atoms with E-state index in [2.05, 4.69) is 11.9 Å². The highest BCUT2D eigenvalue weighted by molar-refractivity contribution is 5.74. The van der Waals surface area contributed by atoms with Crippen LogP contribution in [0.5, 0.6) is 11.5 Å².